The molecule has 1 heterocycles. The molecule has 2 atom stereocenters. The lowest BCUT2D eigenvalue weighted by atomic mass is 10.0. The van der Waals surface area contributed by atoms with E-state index in [1.54, 1.807) is 32.0 Å². The summed E-state index contributed by atoms with van der Waals surface area (Å²) in [4.78, 5) is 29.2. The first-order valence-corrected chi connectivity index (χ1v) is 10.5. The number of hydrogen-bond donors (Lipinski definition) is 2. The maximum absolute atomic E-state index is 12.6. The predicted octanol–water partition coefficient (Wildman–Crippen LogP) is 1.60. The highest BCUT2D eigenvalue weighted by Gasteiger charge is 2.34. The van der Waals surface area contributed by atoms with Gasteiger partial charge in [-0.05, 0) is 45.7 Å². The van der Waals surface area contributed by atoms with Crippen LogP contribution < -0.4 is 10.0 Å². The molecule has 1 aliphatic heterocycles. The normalized spacial score (nSPS) is 18.9. The van der Waals surface area contributed by atoms with Gasteiger partial charge in [0.1, 0.15) is 5.84 Å². The van der Waals surface area contributed by atoms with Gasteiger partial charge in [0.05, 0.1) is 4.90 Å². The van der Waals surface area contributed by atoms with Crippen LogP contribution in [0, 0.1) is 5.92 Å². The van der Waals surface area contributed by atoms with Gasteiger partial charge in [0, 0.05) is 11.1 Å². The van der Waals surface area contributed by atoms with E-state index in [0.717, 1.165) is 0 Å². The Labute approximate surface area is 165 Å². The Bertz CT molecular complexity index is 900. The third kappa shape index (κ3) is 5.09. The van der Waals surface area contributed by atoms with Crippen molar-refractivity contribution in [1.82, 2.24) is 10.0 Å². The molecule has 9 heteroatoms. The number of fused-ring (bicyclic) bond motifs is 1. The summed E-state index contributed by atoms with van der Waals surface area (Å²) in [6.45, 7) is 10.5. The van der Waals surface area contributed by atoms with Crippen LogP contribution in [-0.4, -0.2) is 43.8 Å². The number of aliphatic imine (C=N–C) groups is 1. The van der Waals surface area contributed by atoms with E-state index in [0.29, 0.717) is 5.56 Å². The Hall–Kier alpha value is -2.42. The number of amides is 1. The summed E-state index contributed by atoms with van der Waals surface area (Å²) in [5.74, 6) is -1.28. The summed E-state index contributed by atoms with van der Waals surface area (Å²) in [6, 6.07) is 5.44. The third-order valence-corrected chi connectivity index (χ3v) is 5.36. The first-order chi connectivity index (χ1) is 12.8. The molecule has 154 valence electrons. The van der Waals surface area contributed by atoms with Crippen molar-refractivity contribution >= 4 is 27.7 Å². The van der Waals surface area contributed by atoms with Crippen molar-refractivity contribution in [1.29, 1.82) is 0 Å². The second kappa shape index (κ2) is 7.90. The number of ether oxygens (including phenoxy) is 1. The summed E-state index contributed by atoms with van der Waals surface area (Å²) >= 11 is 0. The second-order valence-electron chi connectivity index (χ2n) is 8.09. The van der Waals surface area contributed by atoms with Crippen molar-refractivity contribution < 1.29 is 22.7 Å². The van der Waals surface area contributed by atoms with Gasteiger partial charge in [-0.3, -0.25) is 14.5 Å². The summed E-state index contributed by atoms with van der Waals surface area (Å²) in [7, 11) is -3.71. The van der Waals surface area contributed by atoms with Crippen molar-refractivity contribution in [2.75, 3.05) is 0 Å². The van der Waals surface area contributed by atoms with E-state index in [9.17, 15) is 18.0 Å². The van der Waals surface area contributed by atoms with Crippen LogP contribution in [0.4, 0.5) is 0 Å². The van der Waals surface area contributed by atoms with Gasteiger partial charge in [-0.15, -0.1) is 0 Å². The van der Waals surface area contributed by atoms with Crippen LogP contribution >= 0.6 is 0 Å². The molecule has 0 fully saturated rings. The van der Waals surface area contributed by atoms with E-state index >= 15 is 0 Å². The maximum Gasteiger partial charge on any atom is 0.331 e. The molecule has 1 aromatic carbocycles. The van der Waals surface area contributed by atoms with Gasteiger partial charge >= 0.3 is 5.97 Å². The highest BCUT2D eigenvalue weighted by Crippen LogP contribution is 2.23. The van der Waals surface area contributed by atoms with E-state index in [2.05, 4.69) is 15.0 Å². The molecule has 1 amide bonds. The molecule has 0 radical (unpaired) electrons. The van der Waals surface area contributed by atoms with Crippen LogP contribution in [0.3, 0.4) is 0 Å². The minimum atomic E-state index is -3.71. The van der Waals surface area contributed by atoms with Crippen LogP contribution in [0.25, 0.3) is 0 Å². The molecule has 0 unspecified atom stereocenters. The number of carbonyl (C=O) groups is 2. The van der Waals surface area contributed by atoms with Crippen molar-refractivity contribution in [3.8, 4) is 0 Å². The van der Waals surface area contributed by atoms with E-state index < -0.39 is 39.6 Å². The molecule has 1 aliphatic rings. The number of nitrogens with zero attached hydrogens (tertiary/aromatic N) is 1. The standard InChI is InChI=1S/C19H27N3O5S/c1-11(2)15(18(24)27-12(3)17(23)21-19(4,5)6)20-16-13-9-7-8-10-14(13)28(25,26)22-16/h7-12,15H,1-6H3,(H,20,22)(H,21,23)/t12-,15+/m1/s1. The molecule has 0 saturated carbocycles. The van der Waals surface area contributed by atoms with Crippen LogP contribution in [0.1, 0.15) is 47.1 Å². The van der Waals surface area contributed by atoms with Gasteiger partial charge in [-0.25, -0.2) is 13.2 Å². The van der Waals surface area contributed by atoms with E-state index in [1.807, 2.05) is 20.8 Å². The number of rotatable bonds is 5. The van der Waals surface area contributed by atoms with E-state index in [1.165, 1.54) is 13.0 Å². The highest BCUT2D eigenvalue weighted by atomic mass is 32.2. The quantitative estimate of drug-likeness (QED) is 0.717. The predicted molar refractivity (Wildman–Crippen MR) is 105 cm³/mol. The van der Waals surface area contributed by atoms with Gasteiger partial charge in [0.2, 0.25) is 0 Å². The fourth-order valence-electron chi connectivity index (χ4n) is 2.61. The largest absolute Gasteiger partial charge is 0.451 e. The van der Waals surface area contributed by atoms with Crippen molar-refractivity contribution in [2.45, 2.75) is 64.1 Å². The first kappa shape index (κ1) is 21.9. The van der Waals surface area contributed by atoms with Gasteiger partial charge in [0.15, 0.2) is 12.1 Å². The topological polar surface area (TPSA) is 114 Å². The average Bonchev–Trinajstić information content (AvgIpc) is 2.81. The zero-order valence-corrected chi connectivity index (χ0v) is 17.8. The Morgan fingerprint density at radius 3 is 2.32 bits per heavy atom. The molecule has 0 bridgehead atoms. The molecule has 2 rings (SSSR count). The molecule has 0 aromatic heterocycles. The van der Waals surface area contributed by atoms with Crippen LogP contribution in [0.15, 0.2) is 34.2 Å². The van der Waals surface area contributed by atoms with Crippen molar-refractivity contribution in [2.24, 2.45) is 10.9 Å². The zero-order valence-electron chi connectivity index (χ0n) is 16.9. The Morgan fingerprint density at radius 2 is 1.75 bits per heavy atom. The monoisotopic (exact) mass is 409 g/mol. The van der Waals surface area contributed by atoms with Crippen LogP contribution in [-0.2, 0) is 24.3 Å². The number of amidine groups is 1. The minimum Gasteiger partial charge on any atom is -0.451 e. The highest BCUT2D eigenvalue weighted by molar-refractivity contribution is 7.90. The molecular formula is C19H27N3O5S. The summed E-state index contributed by atoms with van der Waals surface area (Å²) in [5, 5.41) is 2.75. The van der Waals surface area contributed by atoms with E-state index in [4.69, 9.17) is 4.74 Å². The van der Waals surface area contributed by atoms with Crippen LogP contribution in [0.5, 0.6) is 0 Å². The second-order valence-corrected chi connectivity index (χ2v) is 9.74. The zero-order chi connectivity index (χ0) is 21.3. The molecule has 0 saturated heterocycles. The Balaban J connectivity index is 2.24. The molecular weight excluding hydrogens is 382 g/mol. The smallest absolute Gasteiger partial charge is 0.331 e. The summed E-state index contributed by atoms with van der Waals surface area (Å²) in [5.41, 5.74) is -0.0548. The molecule has 2 N–H and O–H groups in total. The Morgan fingerprint density at radius 1 is 1.14 bits per heavy atom. The fraction of sp³-hybridized carbons (Fsp3) is 0.526. The van der Waals surface area contributed by atoms with Crippen LogP contribution in [0.2, 0.25) is 0 Å². The minimum absolute atomic E-state index is 0.0954. The average molecular weight is 410 g/mol. The molecule has 0 aliphatic carbocycles. The number of carbonyl (C=O) groups excluding carboxylic acids is 2. The van der Waals surface area contributed by atoms with E-state index in [-0.39, 0.29) is 16.6 Å². The van der Waals surface area contributed by atoms with Gasteiger partial charge in [-0.1, -0.05) is 26.0 Å². The number of esters is 1. The SMILES string of the molecule is CC(C)[C@H](N=C1NS(=O)(=O)c2ccccc21)C(=O)O[C@H](C)C(=O)NC(C)(C)C. The van der Waals surface area contributed by atoms with Crippen molar-refractivity contribution in [3.05, 3.63) is 29.8 Å². The first-order valence-electron chi connectivity index (χ1n) is 9.04. The molecule has 0 spiro atoms. The molecule has 8 nitrogen and oxygen atoms in total. The lowest BCUT2D eigenvalue weighted by Crippen LogP contribution is -2.47. The number of sulfonamides is 1. The summed E-state index contributed by atoms with van der Waals surface area (Å²) < 4.78 is 32.1. The van der Waals surface area contributed by atoms with Gasteiger partial charge < -0.3 is 10.1 Å². The fourth-order valence-corrected chi connectivity index (χ4v) is 3.85. The lowest BCUT2D eigenvalue weighted by molar-refractivity contribution is -0.157. The number of benzene rings is 1. The molecule has 1 aromatic rings. The maximum atomic E-state index is 12.6. The number of nitrogens with one attached hydrogen (secondary N) is 2. The summed E-state index contributed by atoms with van der Waals surface area (Å²) in [6.07, 6.45) is -0.999. The Kier molecular flexibility index (Phi) is 6.18. The van der Waals surface area contributed by atoms with Gasteiger partial charge in [0.25, 0.3) is 15.9 Å². The molecule has 28 heavy (non-hydrogen) atoms. The van der Waals surface area contributed by atoms with Gasteiger partial charge in [-0.2, -0.15) is 0 Å². The lowest BCUT2D eigenvalue weighted by Gasteiger charge is -2.24. The number of hydrogen-bond acceptors (Lipinski definition) is 6. The van der Waals surface area contributed by atoms with Crippen molar-refractivity contribution in [3.63, 3.8) is 0 Å². The third-order valence-electron chi connectivity index (χ3n) is 3.96.